The van der Waals surface area contributed by atoms with Gasteiger partial charge in [-0.15, -0.1) is 0 Å². The molecule has 88 valence electrons. The highest BCUT2D eigenvalue weighted by Crippen LogP contribution is 2.34. The third-order valence-electron chi connectivity index (χ3n) is 3.37. The van der Waals surface area contributed by atoms with Gasteiger partial charge in [-0.1, -0.05) is 49.6 Å². The second-order valence-electron chi connectivity index (χ2n) is 5.13. The molecule has 1 atom stereocenters. The normalized spacial score (nSPS) is 17.4. The van der Waals surface area contributed by atoms with Crippen LogP contribution in [0.3, 0.4) is 0 Å². The highest BCUT2D eigenvalue weighted by Gasteiger charge is 2.25. The van der Waals surface area contributed by atoms with Gasteiger partial charge in [0.15, 0.2) is 0 Å². The van der Waals surface area contributed by atoms with Crippen molar-refractivity contribution in [3.8, 4) is 0 Å². The average molecular weight is 217 g/mol. The molecule has 1 aromatic rings. The summed E-state index contributed by atoms with van der Waals surface area (Å²) in [4.78, 5) is 0. The summed E-state index contributed by atoms with van der Waals surface area (Å²) in [5, 5.41) is 3.62. The van der Waals surface area contributed by atoms with Gasteiger partial charge in [0.05, 0.1) is 0 Å². The molecule has 0 aliphatic heterocycles. The molecule has 1 aromatic carbocycles. The van der Waals surface area contributed by atoms with Crippen molar-refractivity contribution in [2.24, 2.45) is 5.92 Å². The molecular weight excluding hydrogens is 194 g/mol. The molecule has 0 spiro atoms. The van der Waals surface area contributed by atoms with Gasteiger partial charge in [-0.05, 0) is 37.8 Å². The lowest BCUT2D eigenvalue weighted by atomic mass is 10.00. The second-order valence-corrected chi connectivity index (χ2v) is 5.13. The summed E-state index contributed by atoms with van der Waals surface area (Å²) < 4.78 is 0. The summed E-state index contributed by atoms with van der Waals surface area (Å²) in [7, 11) is 0. The first-order valence-electron chi connectivity index (χ1n) is 6.57. The van der Waals surface area contributed by atoms with Gasteiger partial charge in [0.2, 0.25) is 0 Å². The van der Waals surface area contributed by atoms with E-state index in [0.29, 0.717) is 6.04 Å². The molecule has 0 amide bonds. The maximum atomic E-state index is 3.62. The van der Waals surface area contributed by atoms with Crippen LogP contribution in [0.5, 0.6) is 0 Å². The van der Waals surface area contributed by atoms with Crippen LogP contribution in [0.15, 0.2) is 24.3 Å². The zero-order chi connectivity index (χ0) is 11.4. The van der Waals surface area contributed by atoms with Gasteiger partial charge in [0.25, 0.3) is 0 Å². The molecule has 16 heavy (non-hydrogen) atoms. The lowest BCUT2D eigenvalue weighted by Crippen LogP contribution is -2.31. The van der Waals surface area contributed by atoms with E-state index in [1.54, 1.807) is 0 Å². The summed E-state index contributed by atoms with van der Waals surface area (Å²) in [6.45, 7) is 5.46. The summed E-state index contributed by atoms with van der Waals surface area (Å²) in [6.07, 6.45) is 5.46. The number of hydrogen-bond donors (Lipinski definition) is 1. The van der Waals surface area contributed by atoms with Crippen LogP contribution in [0.25, 0.3) is 0 Å². The van der Waals surface area contributed by atoms with E-state index in [-0.39, 0.29) is 0 Å². The van der Waals surface area contributed by atoms with Crippen LogP contribution in [-0.4, -0.2) is 12.6 Å². The van der Waals surface area contributed by atoms with Crippen molar-refractivity contribution in [2.45, 2.75) is 45.6 Å². The maximum Gasteiger partial charge on any atom is 0.0110 e. The first-order chi connectivity index (χ1) is 7.78. The molecule has 1 N–H and O–H groups in total. The zero-order valence-electron chi connectivity index (χ0n) is 10.5. The Hall–Kier alpha value is -0.820. The molecule has 1 aliphatic carbocycles. The Morgan fingerprint density at radius 1 is 1.38 bits per heavy atom. The number of likely N-dealkylation sites (N-methyl/N-ethyl adjacent to an activating group) is 1. The largest absolute Gasteiger partial charge is 0.314 e. The van der Waals surface area contributed by atoms with Crippen LogP contribution in [0, 0.1) is 12.8 Å². The fourth-order valence-corrected chi connectivity index (χ4v) is 2.41. The highest BCUT2D eigenvalue weighted by atomic mass is 14.9. The summed E-state index contributed by atoms with van der Waals surface area (Å²) in [6, 6.07) is 9.60. The van der Waals surface area contributed by atoms with Gasteiger partial charge in [-0.25, -0.2) is 0 Å². The van der Waals surface area contributed by atoms with Gasteiger partial charge in [-0.3, -0.25) is 0 Å². The fourth-order valence-electron chi connectivity index (χ4n) is 2.41. The number of aryl methyl sites for hydroxylation is 1. The van der Waals surface area contributed by atoms with Crippen LogP contribution in [0.4, 0.5) is 0 Å². The van der Waals surface area contributed by atoms with E-state index in [9.17, 15) is 0 Å². The Balaban J connectivity index is 1.92. The Labute approximate surface area is 99.3 Å². The lowest BCUT2D eigenvalue weighted by molar-refractivity contribution is 0.466. The van der Waals surface area contributed by atoms with Crippen LogP contribution in [0.2, 0.25) is 0 Å². The van der Waals surface area contributed by atoms with Gasteiger partial charge >= 0.3 is 0 Å². The SMILES string of the molecule is CCNC(Cc1cccc(C)c1)CC1CC1. The van der Waals surface area contributed by atoms with E-state index in [1.807, 2.05) is 0 Å². The first-order valence-corrected chi connectivity index (χ1v) is 6.57. The lowest BCUT2D eigenvalue weighted by Gasteiger charge is -2.17. The van der Waals surface area contributed by atoms with Crippen molar-refractivity contribution < 1.29 is 0 Å². The molecule has 2 rings (SSSR count). The Morgan fingerprint density at radius 3 is 2.81 bits per heavy atom. The topological polar surface area (TPSA) is 12.0 Å². The molecule has 0 saturated heterocycles. The van der Waals surface area contributed by atoms with Crippen LogP contribution < -0.4 is 5.32 Å². The molecule has 1 unspecified atom stereocenters. The predicted octanol–water partition coefficient (Wildman–Crippen LogP) is 3.32. The zero-order valence-corrected chi connectivity index (χ0v) is 10.5. The Kier molecular flexibility index (Phi) is 4.00. The van der Waals surface area contributed by atoms with Crippen molar-refractivity contribution in [3.63, 3.8) is 0 Å². The third-order valence-corrected chi connectivity index (χ3v) is 3.37. The molecule has 1 saturated carbocycles. The van der Waals surface area contributed by atoms with Gasteiger partial charge in [0.1, 0.15) is 0 Å². The second kappa shape index (κ2) is 5.49. The molecule has 1 aliphatic rings. The molecule has 0 radical (unpaired) electrons. The van der Waals surface area contributed by atoms with Crippen LogP contribution in [-0.2, 0) is 6.42 Å². The molecule has 1 fully saturated rings. The van der Waals surface area contributed by atoms with Gasteiger partial charge in [-0.2, -0.15) is 0 Å². The van der Waals surface area contributed by atoms with Crippen LogP contribution >= 0.6 is 0 Å². The third kappa shape index (κ3) is 3.64. The van der Waals surface area contributed by atoms with Gasteiger partial charge < -0.3 is 5.32 Å². The van der Waals surface area contributed by atoms with E-state index < -0.39 is 0 Å². The monoisotopic (exact) mass is 217 g/mol. The highest BCUT2D eigenvalue weighted by molar-refractivity contribution is 5.23. The molecular formula is C15H23N. The first kappa shape index (κ1) is 11.7. The Bertz CT molecular complexity index is 328. The number of rotatable bonds is 6. The van der Waals surface area contributed by atoms with Gasteiger partial charge in [0, 0.05) is 6.04 Å². The standard InChI is InChI=1S/C15H23N/c1-3-16-15(10-13-7-8-13)11-14-6-4-5-12(2)9-14/h4-6,9,13,15-16H,3,7-8,10-11H2,1-2H3. The van der Waals surface area contributed by atoms with Crippen molar-refractivity contribution in [1.29, 1.82) is 0 Å². The minimum Gasteiger partial charge on any atom is -0.314 e. The predicted molar refractivity (Wildman–Crippen MR) is 69.7 cm³/mol. The van der Waals surface area contributed by atoms with Crippen LogP contribution in [0.1, 0.15) is 37.3 Å². The summed E-state index contributed by atoms with van der Waals surface area (Å²) in [5.74, 6) is 1.01. The van der Waals surface area contributed by atoms with E-state index >= 15 is 0 Å². The molecule has 0 heterocycles. The van der Waals surface area contributed by atoms with E-state index in [2.05, 4.69) is 43.4 Å². The number of hydrogen-bond acceptors (Lipinski definition) is 1. The Morgan fingerprint density at radius 2 is 2.19 bits per heavy atom. The van der Waals surface area contributed by atoms with E-state index in [4.69, 9.17) is 0 Å². The van der Waals surface area contributed by atoms with Crippen molar-refractivity contribution in [3.05, 3.63) is 35.4 Å². The summed E-state index contributed by atoms with van der Waals surface area (Å²) in [5.41, 5.74) is 2.85. The molecule has 0 bridgehead atoms. The average Bonchev–Trinajstić information content (AvgIpc) is 3.02. The van der Waals surface area contributed by atoms with E-state index in [0.717, 1.165) is 12.5 Å². The summed E-state index contributed by atoms with van der Waals surface area (Å²) >= 11 is 0. The van der Waals surface area contributed by atoms with Crippen molar-refractivity contribution in [1.82, 2.24) is 5.32 Å². The smallest absolute Gasteiger partial charge is 0.0110 e. The fraction of sp³-hybridized carbons (Fsp3) is 0.600. The molecule has 0 aromatic heterocycles. The maximum absolute atomic E-state index is 3.62. The molecule has 1 heteroatoms. The quantitative estimate of drug-likeness (QED) is 0.771. The minimum atomic E-state index is 0.680. The van der Waals surface area contributed by atoms with E-state index in [1.165, 1.54) is 36.8 Å². The number of nitrogens with one attached hydrogen (secondary N) is 1. The molecule has 1 nitrogen and oxygen atoms in total. The number of benzene rings is 1. The minimum absolute atomic E-state index is 0.680. The van der Waals surface area contributed by atoms with Crippen molar-refractivity contribution >= 4 is 0 Å². The van der Waals surface area contributed by atoms with Crippen molar-refractivity contribution in [2.75, 3.05) is 6.54 Å².